The molecule has 4 aromatic heterocycles. The molecule has 140 valence electrons. The second kappa shape index (κ2) is 6.01. The van der Waals surface area contributed by atoms with E-state index in [-0.39, 0.29) is 0 Å². The third kappa shape index (κ3) is 2.93. The molecule has 1 unspecified atom stereocenters. The molecule has 0 saturated carbocycles. The fourth-order valence-electron chi connectivity index (χ4n) is 3.99. The van der Waals surface area contributed by atoms with Crippen LogP contribution in [0.2, 0.25) is 5.02 Å². The number of aromatic nitrogens is 6. The minimum atomic E-state index is 0.337. The molecule has 0 fully saturated rings. The molecule has 0 aliphatic heterocycles. The van der Waals surface area contributed by atoms with E-state index in [0.29, 0.717) is 28.7 Å². The maximum absolute atomic E-state index is 5.95. The smallest absolute Gasteiger partial charge is 0.173 e. The van der Waals surface area contributed by atoms with Crippen molar-refractivity contribution in [2.45, 2.75) is 46.6 Å². The van der Waals surface area contributed by atoms with Crippen molar-refractivity contribution in [2.75, 3.05) is 0 Å². The molecule has 4 aromatic rings. The summed E-state index contributed by atoms with van der Waals surface area (Å²) < 4.78 is 3.55. The lowest BCUT2D eigenvalue weighted by atomic mass is 9.72. The van der Waals surface area contributed by atoms with Crippen LogP contribution in [0.25, 0.3) is 15.9 Å². The van der Waals surface area contributed by atoms with Gasteiger partial charge in [0.25, 0.3) is 0 Å². The van der Waals surface area contributed by atoms with Crippen molar-refractivity contribution < 1.29 is 0 Å². The zero-order valence-corrected chi connectivity index (χ0v) is 17.2. The highest BCUT2D eigenvalue weighted by molar-refractivity contribution is 7.19. The lowest BCUT2D eigenvalue weighted by molar-refractivity contribution is 0.218. The van der Waals surface area contributed by atoms with Gasteiger partial charge in [0.05, 0.1) is 16.6 Å². The molecule has 6 nitrogen and oxygen atoms in total. The predicted molar refractivity (Wildman–Crippen MR) is 107 cm³/mol. The summed E-state index contributed by atoms with van der Waals surface area (Å²) in [6.07, 6.45) is 8.62. The normalized spacial score (nSPS) is 17.7. The zero-order chi connectivity index (χ0) is 18.8. The van der Waals surface area contributed by atoms with E-state index in [9.17, 15) is 0 Å². The van der Waals surface area contributed by atoms with Crippen LogP contribution in [0.15, 0.2) is 18.7 Å². The first-order valence-electron chi connectivity index (χ1n) is 9.21. The Bertz CT molecular complexity index is 1150. The third-order valence-corrected chi connectivity index (χ3v) is 6.92. The number of hydrogen-bond donors (Lipinski definition) is 0. The Hall–Kier alpha value is -1.99. The minimum Gasteiger partial charge on any atom is -0.263 e. The van der Waals surface area contributed by atoms with Crippen LogP contribution >= 0.6 is 22.9 Å². The van der Waals surface area contributed by atoms with Gasteiger partial charge in [-0.1, -0.05) is 32.4 Å². The number of thiophene rings is 1. The Kier molecular flexibility index (Phi) is 3.81. The van der Waals surface area contributed by atoms with E-state index in [4.69, 9.17) is 16.6 Å². The molecular formula is C19H21ClN6S. The highest BCUT2D eigenvalue weighted by Crippen LogP contribution is 2.43. The van der Waals surface area contributed by atoms with Gasteiger partial charge in [0.15, 0.2) is 11.5 Å². The van der Waals surface area contributed by atoms with E-state index < -0.39 is 0 Å². The molecular weight excluding hydrogens is 380 g/mol. The van der Waals surface area contributed by atoms with E-state index in [1.54, 1.807) is 27.9 Å². The van der Waals surface area contributed by atoms with E-state index in [0.717, 1.165) is 23.3 Å². The molecule has 0 radical (unpaired) electrons. The van der Waals surface area contributed by atoms with Gasteiger partial charge in [0.2, 0.25) is 0 Å². The molecule has 8 heteroatoms. The summed E-state index contributed by atoms with van der Waals surface area (Å²) in [5.74, 6) is 1.43. The first kappa shape index (κ1) is 17.1. The Morgan fingerprint density at radius 2 is 2.19 bits per heavy atom. The highest BCUT2D eigenvalue weighted by atomic mass is 35.5. The molecule has 27 heavy (non-hydrogen) atoms. The summed E-state index contributed by atoms with van der Waals surface area (Å²) in [7, 11) is 0. The fraction of sp³-hybridized carbons (Fsp3) is 0.474. The first-order chi connectivity index (χ1) is 12.9. The van der Waals surface area contributed by atoms with Crippen molar-refractivity contribution >= 4 is 38.8 Å². The van der Waals surface area contributed by atoms with Gasteiger partial charge in [-0.15, -0.1) is 16.4 Å². The minimum absolute atomic E-state index is 0.337. The summed E-state index contributed by atoms with van der Waals surface area (Å²) >= 11 is 7.78. The molecule has 1 aliphatic carbocycles. The van der Waals surface area contributed by atoms with Crippen LogP contribution in [0.4, 0.5) is 0 Å². The lowest BCUT2D eigenvalue weighted by Gasteiger charge is -2.33. The van der Waals surface area contributed by atoms with Crippen molar-refractivity contribution in [2.24, 2.45) is 11.3 Å². The maximum Gasteiger partial charge on any atom is 0.173 e. The number of nitrogens with zero attached hydrogens (tertiary/aromatic N) is 6. The number of fused-ring (bicyclic) bond motifs is 5. The van der Waals surface area contributed by atoms with Crippen LogP contribution in [0.3, 0.4) is 0 Å². The van der Waals surface area contributed by atoms with Crippen LogP contribution in [0, 0.1) is 11.3 Å². The Morgan fingerprint density at radius 3 is 2.93 bits per heavy atom. The molecule has 1 aliphatic rings. The molecule has 0 amide bonds. The molecule has 0 bridgehead atoms. The quantitative estimate of drug-likeness (QED) is 0.500. The monoisotopic (exact) mass is 400 g/mol. The second-order valence-corrected chi connectivity index (χ2v) is 9.91. The van der Waals surface area contributed by atoms with E-state index in [1.807, 2.05) is 11.3 Å². The molecule has 0 aromatic carbocycles. The zero-order valence-electron chi connectivity index (χ0n) is 15.6. The van der Waals surface area contributed by atoms with Gasteiger partial charge < -0.3 is 0 Å². The Morgan fingerprint density at radius 1 is 1.33 bits per heavy atom. The summed E-state index contributed by atoms with van der Waals surface area (Å²) in [5, 5.41) is 10.6. The SMILES string of the molecule is CC(C)(C)C1CCc2c(sc3ncn4nc(Cn5cc(Cl)cn5)nc4c23)C1. The van der Waals surface area contributed by atoms with Crippen molar-refractivity contribution in [3.8, 4) is 0 Å². The highest BCUT2D eigenvalue weighted by Gasteiger charge is 2.31. The topological polar surface area (TPSA) is 60.9 Å². The van der Waals surface area contributed by atoms with Gasteiger partial charge in [-0.05, 0) is 36.2 Å². The second-order valence-electron chi connectivity index (χ2n) is 8.39. The van der Waals surface area contributed by atoms with Gasteiger partial charge in [-0.25, -0.2) is 14.5 Å². The van der Waals surface area contributed by atoms with Gasteiger partial charge in [0.1, 0.15) is 17.7 Å². The number of aryl methyl sites for hydroxylation is 1. The molecule has 0 saturated heterocycles. The Balaban J connectivity index is 1.58. The standard InChI is InChI=1S/C19H21ClN6S/c1-19(2,3)11-4-5-13-14(6-11)27-18-16(13)17-23-15(24-26(17)10-21-18)9-25-8-12(20)7-22-25/h7-8,10-11H,4-6,9H2,1-3H3. The van der Waals surface area contributed by atoms with E-state index >= 15 is 0 Å². The first-order valence-corrected chi connectivity index (χ1v) is 10.4. The van der Waals surface area contributed by atoms with Crippen LogP contribution < -0.4 is 0 Å². The fourth-order valence-corrected chi connectivity index (χ4v) is 5.41. The van der Waals surface area contributed by atoms with Crippen molar-refractivity contribution in [3.05, 3.63) is 40.0 Å². The van der Waals surface area contributed by atoms with Crippen molar-refractivity contribution in [1.82, 2.24) is 29.4 Å². The van der Waals surface area contributed by atoms with Gasteiger partial charge in [-0.3, -0.25) is 4.68 Å². The summed E-state index contributed by atoms with van der Waals surface area (Å²) in [4.78, 5) is 12.0. The molecule has 1 atom stereocenters. The number of rotatable bonds is 2. The van der Waals surface area contributed by atoms with Crippen LogP contribution in [-0.2, 0) is 19.4 Å². The third-order valence-electron chi connectivity index (χ3n) is 5.56. The summed E-state index contributed by atoms with van der Waals surface area (Å²) in [6, 6.07) is 0. The van der Waals surface area contributed by atoms with E-state index in [1.165, 1.54) is 22.2 Å². The van der Waals surface area contributed by atoms with Crippen LogP contribution in [-0.4, -0.2) is 29.4 Å². The number of halogens is 1. The van der Waals surface area contributed by atoms with Gasteiger partial charge in [-0.2, -0.15) is 5.10 Å². The predicted octanol–water partition coefficient (Wildman–Crippen LogP) is 4.39. The molecule has 0 spiro atoms. The van der Waals surface area contributed by atoms with Crippen molar-refractivity contribution in [1.29, 1.82) is 0 Å². The molecule has 5 rings (SSSR count). The summed E-state index contributed by atoms with van der Waals surface area (Å²) in [5.41, 5.74) is 2.67. The van der Waals surface area contributed by atoms with Crippen LogP contribution in [0.1, 0.15) is 43.5 Å². The Labute approximate surface area is 166 Å². The average molecular weight is 401 g/mol. The van der Waals surface area contributed by atoms with E-state index in [2.05, 4.69) is 36.0 Å². The molecule has 0 N–H and O–H groups in total. The summed E-state index contributed by atoms with van der Waals surface area (Å²) in [6.45, 7) is 7.53. The van der Waals surface area contributed by atoms with Crippen molar-refractivity contribution in [3.63, 3.8) is 0 Å². The van der Waals surface area contributed by atoms with Gasteiger partial charge >= 0.3 is 0 Å². The largest absolute Gasteiger partial charge is 0.263 e. The number of hydrogen-bond acceptors (Lipinski definition) is 5. The average Bonchev–Trinajstić information content (AvgIpc) is 3.29. The van der Waals surface area contributed by atoms with Crippen LogP contribution in [0.5, 0.6) is 0 Å². The van der Waals surface area contributed by atoms with Gasteiger partial charge in [0, 0.05) is 11.1 Å². The molecule has 4 heterocycles. The maximum atomic E-state index is 5.95. The lowest BCUT2D eigenvalue weighted by Crippen LogP contribution is -2.26.